The first-order valence-corrected chi connectivity index (χ1v) is 5.86. The SMILES string of the molecule is CCNC1CCCN(Cc2ccco2)C1=O. The second-order valence-corrected chi connectivity index (χ2v) is 4.09. The van der Waals surface area contributed by atoms with Crippen LogP contribution in [0.2, 0.25) is 0 Å². The number of hydrogen-bond acceptors (Lipinski definition) is 3. The van der Waals surface area contributed by atoms with E-state index in [1.165, 1.54) is 0 Å². The third-order valence-corrected chi connectivity index (χ3v) is 2.91. The van der Waals surface area contributed by atoms with Crippen molar-refractivity contribution < 1.29 is 9.21 Å². The van der Waals surface area contributed by atoms with Crippen LogP contribution < -0.4 is 5.32 Å². The van der Waals surface area contributed by atoms with Gasteiger partial charge in [0.05, 0.1) is 18.8 Å². The lowest BCUT2D eigenvalue weighted by Crippen LogP contribution is -2.50. The number of carbonyl (C=O) groups excluding carboxylic acids is 1. The van der Waals surface area contributed by atoms with Crippen LogP contribution in [0.5, 0.6) is 0 Å². The van der Waals surface area contributed by atoms with E-state index >= 15 is 0 Å². The van der Waals surface area contributed by atoms with Crippen molar-refractivity contribution in [1.29, 1.82) is 0 Å². The maximum atomic E-state index is 12.1. The molecule has 1 aromatic rings. The highest BCUT2D eigenvalue weighted by Crippen LogP contribution is 2.15. The van der Waals surface area contributed by atoms with Crippen molar-refractivity contribution in [2.75, 3.05) is 13.1 Å². The Morgan fingerprint density at radius 2 is 2.50 bits per heavy atom. The molecule has 1 saturated heterocycles. The molecule has 1 fully saturated rings. The van der Waals surface area contributed by atoms with Crippen molar-refractivity contribution in [2.24, 2.45) is 0 Å². The molecular formula is C12H18N2O2. The van der Waals surface area contributed by atoms with Crippen LogP contribution in [0.1, 0.15) is 25.5 Å². The predicted octanol–water partition coefficient (Wildman–Crippen LogP) is 1.38. The molecule has 1 aliphatic rings. The first-order valence-electron chi connectivity index (χ1n) is 5.86. The number of hydrogen-bond donors (Lipinski definition) is 1. The molecule has 88 valence electrons. The molecule has 1 aliphatic heterocycles. The van der Waals surface area contributed by atoms with E-state index in [2.05, 4.69) is 5.32 Å². The Bertz CT molecular complexity index is 333. The third-order valence-electron chi connectivity index (χ3n) is 2.91. The molecule has 0 radical (unpaired) electrons. The molecule has 1 N–H and O–H groups in total. The maximum absolute atomic E-state index is 12.1. The molecule has 0 spiro atoms. The van der Waals surface area contributed by atoms with Gasteiger partial charge in [0, 0.05) is 6.54 Å². The number of furan rings is 1. The van der Waals surface area contributed by atoms with E-state index < -0.39 is 0 Å². The Morgan fingerprint density at radius 3 is 3.19 bits per heavy atom. The second kappa shape index (κ2) is 5.16. The number of piperidine rings is 1. The Balaban J connectivity index is 1.96. The van der Waals surface area contributed by atoms with Gasteiger partial charge in [-0.2, -0.15) is 0 Å². The molecule has 1 atom stereocenters. The van der Waals surface area contributed by atoms with Crippen molar-refractivity contribution in [3.63, 3.8) is 0 Å². The fraction of sp³-hybridized carbons (Fsp3) is 0.583. The van der Waals surface area contributed by atoms with E-state index in [1.807, 2.05) is 24.0 Å². The summed E-state index contributed by atoms with van der Waals surface area (Å²) >= 11 is 0. The quantitative estimate of drug-likeness (QED) is 0.837. The van der Waals surface area contributed by atoms with Gasteiger partial charge in [0.1, 0.15) is 5.76 Å². The Hall–Kier alpha value is -1.29. The summed E-state index contributed by atoms with van der Waals surface area (Å²) in [7, 11) is 0. The first kappa shape index (κ1) is 11.2. The van der Waals surface area contributed by atoms with Crippen LogP contribution in [0.15, 0.2) is 22.8 Å². The number of carbonyl (C=O) groups is 1. The maximum Gasteiger partial charge on any atom is 0.240 e. The van der Waals surface area contributed by atoms with E-state index in [0.29, 0.717) is 6.54 Å². The van der Waals surface area contributed by atoms with Gasteiger partial charge in [0.15, 0.2) is 0 Å². The van der Waals surface area contributed by atoms with E-state index in [0.717, 1.165) is 31.7 Å². The van der Waals surface area contributed by atoms with Gasteiger partial charge in [0.25, 0.3) is 0 Å². The minimum Gasteiger partial charge on any atom is -0.467 e. The Morgan fingerprint density at radius 1 is 1.62 bits per heavy atom. The van der Waals surface area contributed by atoms with Crippen molar-refractivity contribution in [1.82, 2.24) is 10.2 Å². The smallest absolute Gasteiger partial charge is 0.240 e. The van der Waals surface area contributed by atoms with Gasteiger partial charge in [-0.15, -0.1) is 0 Å². The minimum absolute atomic E-state index is 0.00582. The zero-order valence-corrected chi connectivity index (χ0v) is 9.61. The van der Waals surface area contributed by atoms with Gasteiger partial charge < -0.3 is 14.6 Å². The largest absolute Gasteiger partial charge is 0.467 e. The second-order valence-electron chi connectivity index (χ2n) is 4.09. The van der Waals surface area contributed by atoms with Crippen LogP contribution in [-0.2, 0) is 11.3 Å². The molecule has 0 saturated carbocycles. The van der Waals surface area contributed by atoms with Gasteiger partial charge >= 0.3 is 0 Å². The number of nitrogens with one attached hydrogen (secondary N) is 1. The number of nitrogens with zero attached hydrogens (tertiary/aromatic N) is 1. The summed E-state index contributed by atoms with van der Waals surface area (Å²) in [5.41, 5.74) is 0. The lowest BCUT2D eigenvalue weighted by Gasteiger charge is -2.32. The van der Waals surface area contributed by atoms with Gasteiger partial charge in [-0.3, -0.25) is 4.79 Å². The van der Waals surface area contributed by atoms with Crippen molar-refractivity contribution >= 4 is 5.91 Å². The lowest BCUT2D eigenvalue weighted by atomic mass is 10.0. The summed E-state index contributed by atoms with van der Waals surface area (Å²) in [4.78, 5) is 13.9. The van der Waals surface area contributed by atoms with E-state index in [9.17, 15) is 4.79 Å². The summed E-state index contributed by atoms with van der Waals surface area (Å²) in [6.45, 7) is 4.29. The molecule has 4 nitrogen and oxygen atoms in total. The normalized spacial score (nSPS) is 21.4. The zero-order valence-electron chi connectivity index (χ0n) is 9.61. The monoisotopic (exact) mass is 222 g/mol. The van der Waals surface area contributed by atoms with Gasteiger partial charge in [-0.05, 0) is 31.5 Å². The highest BCUT2D eigenvalue weighted by molar-refractivity contribution is 5.82. The van der Waals surface area contributed by atoms with Crippen LogP contribution in [0.3, 0.4) is 0 Å². The Labute approximate surface area is 95.6 Å². The van der Waals surface area contributed by atoms with E-state index in [-0.39, 0.29) is 11.9 Å². The molecule has 16 heavy (non-hydrogen) atoms. The van der Waals surface area contributed by atoms with Crippen LogP contribution >= 0.6 is 0 Å². The van der Waals surface area contributed by atoms with E-state index in [1.54, 1.807) is 6.26 Å². The molecule has 0 aliphatic carbocycles. The van der Waals surface area contributed by atoms with Crippen molar-refractivity contribution in [3.05, 3.63) is 24.2 Å². The molecular weight excluding hydrogens is 204 g/mol. The van der Waals surface area contributed by atoms with Crippen LogP contribution in [0.4, 0.5) is 0 Å². The van der Waals surface area contributed by atoms with Crippen molar-refractivity contribution in [3.8, 4) is 0 Å². The van der Waals surface area contributed by atoms with Crippen LogP contribution in [0, 0.1) is 0 Å². The number of amides is 1. The molecule has 1 aromatic heterocycles. The molecule has 0 bridgehead atoms. The minimum atomic E-state index is -0.00582. The van der Waals surface area contributed by atoms with Gasteiger partial charge in [-0.1, -0.05) is 6.92 Å². The van der Waals surface area contributed by atoms with Gasteiger partial charge in [-0.25, -0.2) is 0 Å². The summed E-state index contributed by atoms with van der Waals surface area (Å²) in [5.74, 6) is 1.05. The summed E-state index contributed by atoms with van der Waals surface area (Å²) in [6.07, 6.45) is 3.65. The average molecular weight is 222 g/mol. The highest BCUT2D eigenvalue weighted by Gasteiger charge is 2.28. The summed E-state index contributed by atoms with van der Waals surface area (Å²) in [6, 6.07) is 3.75. The van der Waals surface area contributed by atoms with Crippen LogP contribution in [-0.4, -0.2) is 29.9 Å². The molecule has 1 unspecified atom stereocenters. The number of likely N-dealkylation sites (N-methyl/N-ethyl adjacent to an activating group) is 1. The van der Waals surface area contributed by atoms with Gasteiger partial charge in [0.2, 0.25) is 5.91 Å². The Kier molecular flexibility index (Phi) is 3.62. The van der Waals surface area contributed by atoms with Crippen LogP contribution in [0.25, 0.3) is 0 Å². The molecule has 4 heteroatoms. The molecule has 1 amide bonds. The molecule has 0 aromatic carbocycles. The number of rotatable bonds is 4. The fourth-order valence-corrected chi connectivity index (χ4v) is 2.12. The fourth-order valence-electron chi connectivity index (χ4n) is 2.12. The molecule has 2 heterocycles. The standard InChI is InChI=1S/C12H18N2O2/c1-2-13-11-6-3-7-14(12(11)15)9-10-5-4-8-16-10/h4-5,8,11,13H,2-3,6-7,9H2,1H3. The molecule has 2 rings (SSSR count). The highest BCUT2D eigenvalue weighted by atomic mass is 16.3. The van der Waals surface area contributed by atoms with E-state index in [4.69, 9.17) is 4.42 Å². The lowest BCUT2D eigenvalue weighted by molar-refractivity contribution is -0.136. The van der Waals surface area contributed by atoms with Crippen molar-refractivity contribution in [2.45, 2.75) is 32.4 Å². The zero-order chi connectivity index (χ0) is 11.4. The average Bonchev–Trinajstić information content (AvgIpc) is 2.77. The topological polar surface area (TPSA) is 45.5 Å². The summed E-state index contributed by atoms with van der Waals surface area (Å²) < 4.78 is 5.27. The predicted molar refractivity (Wildman–Crippen MR) is 60.8 cm³/mol. The first-order chi connectivity index (χ1) is 7.81. The third kappa shape index (κ3) is 2.44. The summed E-state index contributed by atoms with van der Waals surface area (Å²) in [5, 5.41) is 3.22. The number of likely N-dealkylation sites (tertiary alicyclic amines) is 1.